The first-order chi connectivity index (χ1) is 10.7. The molecule has 0 saturated carbocycles. The minimum absolute atomic E-state index is 0.0626. The number of nitrogens with one attached hydrogen (secondary N) is 1. The number of rotatable bonds is 2. The van der Waals surface area contributed by atoms with E-state index >= 15 is 0 Å². The van der Waals surface area contributed by atoms with Gasteiger partial charge in [0.05, 0.1) is 22.3 Å². The molecule has 1 aromatic rings. The number of anilines is 1. The second kappa shape index (κ2) is 4.55. The third-order valence-corrected chi connectivity index (χ3v) is 4.53. The van der Waals surface area contributed by atoms with E-state index in [9.17, 15) is 24.8 Å². The molecule has 0 aromatic heterocycles. The van der Waals surface area contributed by atoms with Crippen molar-refractivity contribution in [1.82, 2.24) is 4.90 Å². The number of carbonyl (C=O) groups is 2. The van der Waals surface area contributed by atoms with Gasteiger partial charge in [-0.2, -0.15) is 0 Å². The molecule has 1 atom stereocenters. The minimum Gasteiger partial charge on any atom is -0.465 e. The Hall–Kier alpha value is -2.90. The first-order valence-corrected chi connectivity index (χ1v) is 7.01. The van der Waals surface area contributed by atoms with Gasteiger partial charge in [-0.1, -0.05) is 6.08 Å². The Morgan fingerprint density at radius 1 is 1.43 bits per heavy atom. The van der Waals surface area contributed by atoms with Crippen molar-refractivity contribution in [3.8, 4) is 0 Å². The van der Waals surface area contributed by atoms with Gasteiger partial charge < -0.3 is 10.4 Å². The Balaban J connectivity index is 2.18. The summed E-state index contributed by atoms with van der Waals surface area (Å²) in [4.78, 5) is 35.3. The zero-order chi connectivity index (χ0) is 17.0. The van der Waals surface area contributed by atoms with Crippen molar-refractivity contribution < 1.29 is 19.6 Å². The number of benzene rings is 1. The fourth-order valence-electron chi connectivity index (χ4n) is 3.11. The number of amides is 2. The molecule has 1 aromatic carbocycles. The molecule has 2 N–H and O–H groups in total. The molecule has 2 amide bonds. The van der Waals surface area contributed by atoms with Crippen LogP contribution < -0.4 is 5.32 Å². The molecule has 120 valence electrons. The van der Waals surface area contributed by atoms with Gasteiger partial charge in [0, 0.05) is 11.9 Å². The van der Waals surface area contributed by atoms with Gasteiger partial charge in [-0.3, -0.25) is 14.9 Å². The smallest absolute Gasteiger partial charge is 0.417 e. The molecule has 0 saturated heterocycles. The van der Waals surface area contributed by atoms with Gasteiger partial charge in [0.25, 0.3) is 0 Å². The highest BCUT2D eigenvalue weighted by molar-refractivity contribution is 6.05. The maximum absolute atomic E-state index is 12.0. The van der Waals surface area contributed by atoms with Crippen LogP contribution in [0.3, 0.4) is 0 Å². The summed E-state index contributed by atoms with van der Waals surface area (Å²) in [6, 6.07) is 4.63. The van der Waals surface area contributed by atoms with Crippen molar-refractivity contribution in [1.29, 1.82) is 0 Å². The molecule has 0 fully saturated rings. The molecule has 8 nitrogen and oxygen atoms in total. The Kier molecular flexibility index (Phi) is 2.97. The minimum atomic E-state index is -1.90. The third kappa shape index (κ3) is 1.84. The molecular formula is C15H15N3O5. The summed E-state index contributed by atoms with van der Waals surface area (Å²) in [6.07, 6.45) is 1.20. The molecule has 1 unspecified atom stereocenters. The largest absolute Gasteiger partial charge is 0.465 e. The van der Waals surface area contributed by atoms with Crippen LogP contribution >= 0.6 is 0 Å². The van der Waals surface area contributed by atoms with E-state index in [1.165, 1.54) is 18.3 Å². The molecule has 0 spiro atoms. The SMILES string of the molecule is CC1(C)C(=O)Nc2ccc(C3([N+](=O)[O-])CC=CN3C(=O)O)cc21. The van der Waals surface area contributed by atoms with E-state index in [-0.39, 0.29) is 17.9 Å². The van der Waals surface area contributed by atoms with Crippen molar-refractivity contribution in [2.24, 2.45) is 0 Å². The van der Waals surface area contributed by atoms with Gasteiger partial charge in [-0.15, -0.1) is 0 Å². The lowest BCUT2D eigenvalue weighted by Crippen LogP contribution is -2.49. The lowest BCUT2D eigenvalue weighted by Gasteiger charge is -2.29. The summed E-state index contributed by atoms with van der Waals surface area (Å²) in [5, 5.41) is 23.8. The van der Waals surface area contributed by atoms with Crippen LogP contribution in [0.25, 0.3) is 0 Å². The highest BCUT2D eigenvalue weighted by Gasteiger charge is 2.55. The molecule has 2 heterocycles. The zero-order valence-corrected chi connectivity index (χ0v) is 12.6. The summed E-state index contributed by atoms with van der Waals surface area (Å²) in [6.45, 7) is 3.44. The highest BCUT2D eigenvalue weighted by Crippen LogP contribution is 2.43. The molecule has 2 aliphatic rings. The van der Waals surface area contributed by atoms with Crippen molar-refractivity contribution >= 4 is 17.7 Å². The molecule has 23 heavy (non-hydrogen) atoms. The fourth-order valence-corrected chi connectivity index (χ4v) is 3.11. The third-order valence-electron chi connectivity index (χ3n) is 4.53. The van der Waals surface area contributed by atoms with E-state index in [0.717, 1.165) is 0 Å². The average molecular weight is 317 g/mol. The molecule has 8 heteroatoms. The van der Waals surface area contributed by atoms with Crippen molar-refractivity contribution in [2.45, 2.75) is 31.3 Å². The van der Waals surface area contributed by atoms with Crippen LogP contribution in [0.1, 0.15) is 31.4 Å². The van der Waals surface area contributed by atoms with Crippen LogP contribution in [-0.4, -0.2) is 26.9 Å². The van der Waals surface area contributed by atoms with Crippen LogP contribution in [-0.2, 0) is 15.9 Å². The summed E-state index contributed by atoms with van der Waals surface area (Å²) >= 11 is 0. The summed E-state index contributed by atoms with van der Waals surface area (Å²) < 4.78 is 0. The first kappa shape index (κ1) is 15.0. The Bertz CT molecular complexity index is 770. The lowest BCUT2D eigenvalue weighted by molar-refractivity contribution is -0.601. The van der Waals surface area contributed by atoms with Gasteiger partial charge in [0.15, 0.2) is 0 Å². The maximum Gasteiger partial charge on any atom is 0.417 e. The number of nitrogens with zero attached hydrogens (tertiary/aromatic N) is 2. The molecular weight excluding hydrogens is 302 g/mol. The van der Waals surface area contributed by atoms with Crippen LogP contribution in [0, 0.1) is 10.1 Å². The van der Waals surface area contributed by atoms with Gasteiger partial charge in [0.1, 0.15) is 0 Å². The Morgan fingerprint density at radius 3 is 2.74 bits per heavy atom. The second-order valence-electron chi connectivity index (χ2n) is 6.15. The van der Waals surface area contributed by atoms with Crippen molar-refractivity contribution in [2.75, 3.05) is 5.32 Å². The summed E-state index contributed by atoms with van der Waals surface area (Å²) in [5.74, 6) is -0.195. The monoisotopic (exact) mass is 317 g/mol. The van der Waals surface area contributed by atoms with Gasteiger partial charge in [0.2, 0.25) is 5.91 Å². The normalized spacial score (nSPS) is 24.4. The van der Waals surface area contributed by atoms with Crippen LogP contribution in [0.2, 0.25) is 0 Å². The number of hydrogen-bond donors (Lipinski definition) is 2. The first-order valence-electron chi connectivity index (χ1n) is 7.01. The summed E-state index contributed by atoms with van der Waals surface area (Å²) in [5.41, 5.74) is -1.28. The van der Waals surface area contributed by atoms with Gasteiger partial charge in [-0.25, -0.2) is 9.69 Å². The quantitative estimate of drug-likeness (QED) is 0.641. The molecule has 0 bridgehead atoms. The second-order valence-corrected chi connectivity index (χ2v) is 6.15. The average Bonchev–Trinajstić information content (AvgIpc) is 3.01. The van der Waals surface area contributed by atoms with E-state index in [2.05, 4.69) is 5.32 Å². The van der Waals surface area contributed by atoms with E-state index in [4.69, 9.17) is 0 Å². The highest BCUT2D eigenvalue weighted by atomic mass is 16.6. The summed E-state index contributed by atoms with van der Waals surface area (Å²) in [7, 11) is 0. The zero-order valence-electron chi connectivity index (χ0n) is 12.6. The van der Waals surface area contributed by atoms with Crippen LogP contribution in [0.15, 0.2) is 30.5 Å². The topological polar surface area (TPSA) is 113 Å². The number of carboxylic acid groups (broad SMARTS) is 1. The van der Waals surface area contributed by atoms with E-state index < -0.39 is 22.1 Å². The fraction of sp³-hybridized carbons (Fsp3) is 0.333. The number of nitro groups is 1. The molecule has 0 radical (unpaired) electrons. The predicted molar refractivity (Wildman–Crippen MR) is 80.4 cm³/mol. The maximum atomic E-state index is 12.0. The van der Waals surface area contributed by atoms with Crippen molar-refractivity contribution in [3.05, 3.63) is 51.7 Å². The number of carbonyl (C=O) groups excluding carboxylic acids is 1. The van der Waals surface area contributed by atoms with E-state index in [1.807, 2.05) is 0 Å². The van der Waals surface area contributed by atoms with Crippen LogP contribution in [0.4, 0.5) is 10.5 Å². The van der Waals surface area contributed by atoms with Gasteiger partial charge in [-0.05, 0) is 37.6 Å². The Labute approximate surface area is 131 Å². The number of fused-ring (bicyclic) bond motifs is 1. The standard InChI is InChI=1S/C15H15N3O5/c1-14(2)10-8-9(4-5-11(10)16-12(14)19)15(18(22)23)6-3-7-17(15)13(20)21/h3-5,7-8H,6H2,1-2H3,(H,16,19)(H,20,21). The molecule has 2 aliphatic heterocycles. The predicted octanol–water partition coefficient (Wildman–Crippen LogP) is 2.24. The van der Waals surface area contributed by atoms with E-state index in [1.54, 1.807) is 26.0 Å². The van der Waals surface area contributed by atoms with Crippen molar-refractivity contribution in [3.63, 3.8) is 0 Å². The van der Waals surface area contributed by atoms with E-state index in [0.29, 0.717) is 16.2 Å². The van der Waals surface area contributed by atoms with Gasteiger partial charge >= 0.3 is 11.8 Å². The molecule has 0 aliphatic carbocycles. The molecule has 3 rings (SSSR count). The lowest BCUT2D eigenvalue weighted by atomic mass is 9.83. The Morgan fingerprint density at radius 2 is 2.13 bits per heavy atom. The number of hydrogen-bond acceptors (Lipinski definition) is 4. The van der Waals surface area contributed by atoms with Crippen LogP contribution in [0.5, 0.6) is 0 Å².